The Bertz CT molecular complexity index is 257. The van der Waals surface area contributed by atoms with Crippen LogP contribution in [0.3, 0.4) is 0 Å². The van der Waals surface area contributed by atoms with Crippen molar-refractivity contribution in [3.63, 3.8) is 0 Å². The van der Waals surface area contributed by atoms with Gasteiger partial charge in [-0.25, -0.2) is 4.79 Å². The molecule has 0 spiro atoms. The Hall–Kier alpha value is -0.900. The van der Waals surface area contributed by atoms with E-state index in [1.807, 2.05) is 13.8 Å². The van der Waals surface area contributed by atoms with Crippen LogP contribution in [0, 0.1) is 5.92 Å². The normalized spacial score (nSPS) is 18.6. The minimum absolute atomic E-state index is 0.280. The lowest BCUT2D eigenvalue weighted by Crippen LogP contribution is -2.42. The smallest absolute Gasteiger partial charge is 0.367 e. The fourth-order valence-corrected chi connectivity index (χ4v) is 1.89. The Kier molecular flexibility index (Phi) is 3.85. The fourth-order valence-electron chi connectivity index (χ4n) is 1.89. The highest BCUT2D eigenvalue weighted by Gasteiger charge is 2.34. The van der Waals surface area contributed by atoms with E-state index in [9.17, 15) is 9.18 Å². The minimum atomic E-state index is -1.03. The van der Waals surface area contributed by atoms with Crippen LogP contribution < -0.4 is 5.32 Å². The third kappa shape index (κ3) is 3.30. The van der Waals surface area contributed by atoms with E-state index >= 15 is 0 Å². The first-order chi connectivity index (χ1) is 6.93. The first kappa shape index (κ1) is 12.2. The molecule has 0 amide bonds. The van der Waals surface area contributed by atoms with Gasteiger partial charge in [0.25, 0.3) is 0 Å². The van der Waals surface area contributed by atoms with Crippen molar-refractivity contribution in [1.82, 2.24) is 5.32 Å². The molecule has 0 unspecified atom stereocenters. The van der Waals surface area contributed by atoms with Crippen LogP contribution in [-0.4, -0.2) is 24.7 Å². The molecular formula is C11H18FNO2. The van der Waals surface area contributed by atoms with Crippen LogP contribution in [0.4, 0.5) is 4.39 Å². The molecule has 0 aromatic rings. The summed E-state index contributed by atoms with van der Waals surface area (Å²) in [6.07, 6.45) is 1.89. The van der Waals surface area contributed by atoms with Gasteiger partial charge in [0.1, 0.15) is 5.60 Å². The molecule has 86 valence electrons. The average Bonchev–Trinajstić information content (AvgIpc) is 2.18. The van der Waals surface area contributed by atoms with E-state index in [1.54, 1.807) is 0 Å². The Morgan fingerprint density at radius 3 is 2.47 bits per heavy atom. The number of carbonyl (C=O) groups is 1. The molecule has 0 radical (unpaired) electrons. The molecule has 1 fully saturated rings. The van der Waals surface area contributed by atoms with Gasteiger partial charge < -0.3 is 10.1 Å². The van der Waals surface area contributed by atoms with Crippen molar-refractivity contribution in [3.05, 3.63) is 12.4 Å². The van der Waals surface area contributed by atoms with Crippen LogP contribution in [0.25, 0.3) is 0 Å². The van der Waals surface area contributed by atoms with Gasteiger partial charge >= 0.3 is 5.97 Å². The van der Waals surface area contributed by atoms with Crippen molar-refractivity contribution in [2.24, 2.45) is 5.92 Å². The summed E-state index contributed by atoms with van der Waals surface area (Å²) in [6.45, 7) is 8.42. The number of nitrogens with one attached hydrogen (secondary N) is 1. The molecule has 1 aliphatic heterocycles. The molecule has 1 N–H and O–H groups in total. The maximum atomic E-state index is 12.5. The summed E-state index contributed by atoms with van der Waals surface area (Å²) in [5.41, 5.74) is -0.617. The first-order valence-corrected chi connectivity index (χ1v) is 5.22. The van der Waals surface area contributed by atoms with Gasteiger partial charge in [0.2, 0.25) is 5.83 Å². The van der Waals surface area contributed by atoms with E-state index in [-0.39, 0.29) is 5.92 Å². The highest BCUT2D eigenvalue weighted by atomic mass is 19.1. The van der Waals surface area contributed by atoms with Gasteiger partial charge in [-0.1, -0.05) is 6.58 Å². The third-order valence-corrected chi connectivity index (χ3v) is 2.90. The van der Waals surface area contributed by atoms with Gasteiger partial charge in [-0.05, 0) is 39.8 Å². The number of rotatable bonds is 3. The van der Waals surface area contributed by atoms with Crippen molar-refractivity contribution in [2.45, 2.75) is 32.3 Å². The van der Waals surface area contributed by atoms with Gasteiger partial charge in [-0.3, -0.25) is 0 Å². The molecule has 0 aromatic heterocycles. The summed E-state index contributed by atoms with van der Waals surface area (Å²) in [6, 6.07) is 0. The topological polar surface area (TPSA) is 38.3 Å². The second-order valence-electron chi connectivity index (χ2n) is 4.42. The monoisotopic (exact) mass is 215 g/mol. The van der Waals surface area contributed by atoms with Crippen molar-refractivity contribution < 1.29 is 13.9 Å². The molecule has 1 saturated heterocycles. The lowest BCUT2D eigenvalue weighted by molar-refractivity contribution is -0.159. The average molecular weight is 215 g/mol. The summed E-state index contributed by atoms with van der Waals surface area (Å²) in [5.74, 6) is -1.70. The van der Waals surface area contributed by atoms with Crippen LogP contribution >= 0.6 is 0 Å². The van der Waals surface area contributed by atoms with E-state index in [4.69, 9.17) is 4.74 Å². The second kappa shape index (κ2) is 4.75. The van der Waals surface area contributed by atoms with Crippen LogP contribution in [0.2, 0.25) is 0 Å². The zero-order valence-electron chi connectivity index (χ0n) is 9.31. The highest BCUT2D eigenvalue weighted by Crippen LogP contribution is 2.29. The van der Waals surface area contributed by atoms with E-state index in [0.29, 0.717) is 0 Å². The second-order valence-corrected chi connectivity index (χ2v) is 4.42. The lowest BCUT2D eigenvalue weighted by Gasteiger charge is -2.36. The zero-order chi connectivity index (χ0) is 11.5. The molecule has 0 saturated carbocycles. The number of halogens is 1. The predicted octanol–water partition coefficient (Wildman–Crippen LogP) is 1.79. The molecule has 4 heteroatoms. The molecule has 15 heavy (non-hydrogen) atoms. The molecular weight excluding hydrogens is 197 g/mol. The quantitative estimate of drug-likeness (QED) is 0.576. The third-order valence-electron chi connectivity index (χ3n) is 2.90. The Morgan fingerprint density at radius 1 is 1.47 bits per heavy atom. The van der Waals surface area contributed by atoms with E-state index in [2.05, 4.69) is 11.9 Å². The van der Waals surface area contributed by atoms with Gasteiger partial charge in [-0.2, -0.15) is 4.39 Å². The largest absolute Gasteiger partial charge is 0.454 e. The van der Waals surface area contributed by atoms with Gasteiger partial charge in [0.05, 0.1) is 0 Å². The van der Waals surface area contributed by atoms with Crippen molar-refractivity contribution in [1.29, 1.82) is 0 Å². The number of hydrogen-bond acceptors (Lipinski definition) is 3. The molecule has 0 bridgehead atoms. The Balaban J connectivity index is 2.56. The Morgan fingerprint density at radius 2 is 2.00 bits per heavy atom. The van der Waals surface area contributed by atoms with Crippen LogP contribution in [0.15, 0.2) is 12.4 Å². The van der Waals surface area contributed by atoms with Crippen LogP contribution in [0.5, 0.6) is 0 Å². The van der Waals surface area contributed by atoms with Crippen molar-refractivity contribution in [2.75, 3.05) is 13.1 Å². The number of esters is 1. The summed E-state index contributed by atoms with van der Waals surface area (Å²) >= 11 is 0. The predicted molar refractivity (Wildman–Crippen MR) is 56.0 cm³/mol. The van der Waals surface area contributed by atoms with Crippen LogP contribution in [-0.2, 0) is 9.53 Å². The minimum Gasteiger partial charge on any atom is -0.454 e. The number of piperidine rings is 1. The molecule has 0 aliphatic carbocycles. The first-order valence-electron chi connectivity index (χ1n) is 5.22. The lowest BCUT2D eigenvalue weighted by atomic mass is 9.83. The number of ether oxygens (including phenoxy) is 1. The van der Waals surface area contributed by atoms with E-state index < -0.39 is 17.4 Å². The molecule has 0 atom stereocenters. The van der Waals surface area contributed by atoms with Crippen molar-refractivity contribution >= 4 is 5.97 Å². The number of hydrogen-bond donors (Lipinski definition) is 1. The zero-order valence-corrected chi connectivity index (χ0v) is 9.31. The van der Waals surface area contributed by atoms with E-state index in [1.165, 1.54) is 0 Å². The fraction of sp³-hybridized carbons (Fsp3) is 0.727. The summed E-state index contributed by atoms with van der Waals surface area (Å²) in [7, 11) is 0. The van der Waals surface area contributed by atoms with Gasteiger partial charge in [-0.15, -0.1) is 0 Å². The molecule has 1 rings (SSSR count). The van der Waals surface area contributed by atoms with Crippen molar-refractivity contribution in [3.8, 4) is 0 Å². The Labute approximate surface area is 89.7 Å². The van der Waals surface area contributed by atoms with E-state index in [0.717, 1.165) is 25.9 Å². The van der Waals surface area contributed by atoms with Gasteiger partial charge in [0.15, 0.2) is 0 Å². The maximum absolute atomic E-state index is 12.5. The maximum Gasteiger partial charge on any atom is 0.367 e. The SMILES string of the molecule is C=C(F)C(=O)OC(C)(C)C1CCNCC1. The highest BCUT2D eigenvalue weighted by molar-refractivity contribution is 5.85. The summed E-state index contributed by atoms with van der Waals surface area (Å²) < 4.78 is 17.6. The molecule has 1 heterocycles. The molecule has 1 aliphatic rings. The van der Waals surface area contributed by atoms with Crippen LogP contribution in [0.1, 0.15) is 26.7 Å². The molecule has 3 nitrogen and oxygen atoms in total. The summed E-state index contributed by atoms with van der Waals surface area (Å²) in [5, 5.41) is 3.23. The van der Waals surface area contributed by atoms with Gasteiger partial charge in [0, 0.05) is 5.92 Å². The standard InChI is InChI=1S/C11H18FNO2/c1-8(12)10(14)15-11(2,3)9-4-6-13-7-5-9/h9,13H,1,4-7H2,2-3H3. The number of carbonyl (C=O) groups excluding carboxylic acids is 1. The molecule has 0 aromatic carbocycles. The summed E-state index contributed by atoms with van der Waals surface area (Å²) in [4.78, 5) is 11.1.